The standard InChI is InChI=1S/C13H22N2O4/c1-14(10-4-2-3-5-11(10)16)13(19)15-7-6-9(8-15)12(17)18/h9-11,16H,2-8H2,1H3,(H,17,18). The number of carboxylic acids is 1. The van der Waals surface area contributed by atoms with Gasteiger partial charge in [0, 0.05) is 20.1 Å². The minimum Gasteiger partial charge on any atom is -0.481 e. The number of aliphatic carboxylic acids is 1. The van der Waals surface area contributed by atoms with Gasteiger partial charge < -0.3 is 20.0 Å². The van der Waals surface area contributed by atoms with Gasteiger partial charge in [-0.2, -0.15) is 0 Å². The summed E-state index contributed by atoms with van der Waals surface area (Å²) < 4.78 is 0. The van der Waals surface area contributed by atoms with Crippen molar-refractivity contribution in [1.29, 1.82) is 0 Å². The fourth-order valence-corrected chi connectivity index (χ4v) is 3.04. The van der Waals surface area contributed by atoms with Gasteiger partial charge in [-0.15, -0.1) is 0 Å². The molecule has 3 unspecified atom stereocenters. The number of carbonyl (C=O) groups excluding carboxylic acids is 1. The van der Waals surface area contributed by atoms with E-state index in [4.69, 9.17) is 5.11 Å². The maximum Gasteiger partial charge on any atom is 0.320 e. The van der Waals surface area contributed by atoms with E-state index >= 15 is 0 Å². The molecule has 2 aliphatic rings. The summed E-state index contributed by atoms with van der Waals surface area (Å²) in [6, 6.07) is -0.292. The van der Waals surface area contributed by atoms with E-state index in [2.05, 4.69) is 0 Å². The minimum absolute atomic E-state index is 0.134. The first-order valence-electron chi connectivity index (χ1n) is 6.93. The number of hydrogen-bond donors (Lipinski definition) is 2. The summed E-state index contributed by atoms with van der Waals surface area (Å²) >= 11 is 0. The third kappa shape index (κ3) is 3.00. The van der Waals surface area contributed by atoms with Gasteiger partial charge in [-0.05, 0) is 19.3 Å². The number of likely N-dealkylation sites (N-methyl/N-ethyl adjacent to an activating group) is 1. The first-order valence-corrected chi connectivity index (χ1v) is 6.93. The van der Waals surface area contributed by atoms with Crippen LogP contribution in [-0.2, 0) is 4.79 Å². The van der Waals surface area contributed by atoms with Crippen LogP contribution in [0.15, 0.2) is 0 Å². The number of aliphatic hydroxyl groups excluding tert-OH is 1. The zero-order chi connectivity index (χ0) is 14.0. The second-order valence-electron chi connectivity index (χ2n) is 5.58. The van der Waals surface area contributed by atoms with Crippen molar-refractivity contribution in [2.45, 2.75) is 44.2 Å². The molecule has 1 heterocycles. The van der Waals surface area contributed by atoms with Gasteiger partial charge in [-0.1, -0.05) is 12.8 Å². The molecule has 1 saturated heterocycles. The van der Waals surface area contributed by atoms with Crippen molar-refractivity contribution in [2.75, 3.05) is 20.1 Å². The molecule has 1 saturated carbocycles. The van der Waals surface area contributed by atoms with Crippen molar-refractivity contribution in [2.24, 2.45) is 5.92 Å². The highest BCUT2D eigenvalue weighted by Gasteiger charge is 2.36. The first kappa shape index (κ1) is 14.1. The lowest BCUT2D eigenvalue weighted by Crippen LogP contribution is -2.50. The van der Waals surface area contributed by atoms with Crippen LogP contribution in [0, 0.1) is 5.92 Å². The number of carboxylic acid groups (broad SMARTS) is 1. The molecule has 2 fully saturated rings. The number of likely N-dealkylation sites (tertiary alicyclic amines) is 1. The van der Waals surface area contributed by atoms with E-state index in [9.17, 15) is 14.7 Å². The average molecular weight is 270 g/mol. The van der Waals surface area contributed by atoms with E-state index < -0.39 is 18.0 Å². The summed E-state index contributed by atoms with van der Waals surface area (Å²) in [5, 5.41) is 18.9. The van der Waals surface area contributed by atoms with Gasteiger partial charge in [-0.3, -0.25) is 4.79 Å². The van der Waals surface area contributed by atoms with E-state index in [1.807, 2.05) is 0 Å². The number of hydrogen-bond acceptors (Lipinski definition) is 3. The lowest BCUT2D eigenvalue weighted by atomic mass is 9.92. The molecule has 0 aromatic carbocycles. The predicted octanol–water partition coefficient (Wildman–Crippen LogP) is 0.748. The average Bonchev–Trinajstić information content (AvgIpc) is 2.87. The van der Waals surface area contributed by atoms with Crippen LogP contribution >= 0.6 is 0 Å². The highest BCUT2D eigenvalue weighted by atomic mass is 16.4. The molecule has 6 heteroatoms. The lowest BCUT2D eigenvalue weighted by molar-refractivity contribution is -0.141. The fourth-order valence-electron chi connectivity index (χ4n) is 3.04. The van der Waals surface area contributed by atoms with Crippen LogP contribution in [-0.4, -0.2) is 64.3 Å². The minimum atomic E-state index is -0.837. The molecule has 6 nitrogen and oxygen atoms in total. The Balaban J connectivity index is 1.94. The van der Waals surface area contributed by atoms with Crippen LogP contribution in [0.2, 0.25) is 0 Å². The molecule has 0 spiro atoms. The maximum absolute atomic E-state index is 12.3. The number of urea groups is 1. The summed E-state index contributed by atoms with van der Waals surface area (Å²) in [4.78, 5) is 26.4. The largest absolute Gasteiger partial charge is 0.481 e. The Morgan fingerprint density at radius 2 is 1.89 bits per heavy atom. The summed E-state index contributed by atoms with van der Waals surface area (Å²) in [5.41, 5.74) is 0. The smallest absolute Gasteiger partial charge is 0.320 e. The van der Waals surface area contributed by atoms with Gasteiger partial charge in [0.05, 0.1) is 18.1 Å². The van der Waals surface area contributed by atoms with E-state index in [0.717, 1.165) is 25.7 Å². The molecule has 19 heavy (non-hydrogen) atoms. The van der Waals surface area contributed by atoms with Gasteiger partial charge >= 0.3 is 12.0 Å². The molecule has 2 amide bonds. The second kappa shape index (κ2) is 5.77. The van der Waals surface area contributed by atoms with E-state index in [0.29, 0.717) is 13.0 Å². The highest BCUT2D eigenvalue weighted by Crippen LogP contribution is 2.25. The molecule has 0 aromatic heterocycles. The van der Waals surface area contributed by atoms with Crippen LogP contribution in [0.5, 0.6) is 0 Å². The molecule has 2 N–H and O–H groups in total. The number of rotatable bonds is 2. The topological polar surface area (TPSA) is 81.1 Å². The normalized spacial score (nSPS) is 31.3. The number of carbonyl (C=O) groups is 2. The van der Waals surface area contributed by atoms with Crippen molar-refractivity contribution in [3.8, 4) is 0 Å². The van der Waals surface area contributed by atoms with E-state index in [1.165, 1.54) is 0 Å². The monoisotopic (exact) mass is 270 g/mol. The van der Waals surface area contributed by atoms with Crippen molar-refractivity contribution >= 4 is 12.0 Å². The Labute approximate surface area is 113 Å². The van der Waals surface area contributed by atoms with E-state index in [-0.39, 0.29) is 18.6 Å². The summed E-state index contributed by atoms with van der Waals surface area (Å²) in [7, 11) is 1.70. The number of amides is 2. The van der Waals surface area contributed by atoms with Gasteiger partial charge in [0.1, 0.15) is 0 Å². The highest BCUT2D eigenvalue weighted by molar-refractivity contribution is 5.77. The van der Waals surface area contributed by atoms with Gasteiger partial charge in [-0.25, -0.2) is 4.79 Å². The zero-order valence-electron chi connectivity index (χ0n) is 11.3. The molecule has 3 atom stereocenters. The third-order valence-corrected chi connectivity index (χ3v) is 4.30. The Kier molecular flexibility index (Phi) is 4.29. The Hall–Kier alpha value is -1.30. The summed E-state index contributed by atoms with van der Waals surface area (Å²) in [5.74, 6) is -1.29. The molecule has 1 aliphatic carbocycles. The van der Waals surface area contributed by atoms with Crippen LogP contribution in [0.3, 0.4) is 0 Å². The van der Waals surface area contributed by atoms with Crippen molar-refractivity contribution in [1.82, 2.24) is 9.80 Å². The first-order chi connectivity index (χ1) is 9.00. The zero-order valence-corrected chi connectivity index (χ0v) is 11.3. The van der Waals surface area contributed by atoms with Crippen LogP contribution in [0.1, 0.15) is 32.1 Å². The van der Waals surface area contributed by atoms with Crippen molar-refractivity contribution in [3.63, 3.8) is 0 Å². The number of nitrogens with zero attached hydrogens (tertiary/aromatic N) is 2. The predicted molar refractivity (Wildman–Crippen MR) is 68.7 cm³/mol. The van der Waals surface area contributed by atoms with Crippen LogP contribution in [0.25, 0.3) is 0 Å². The molecular formula is C13H22N2O4. The van der Waals surface area contributed by atoms with Crippen LogP contribution < -0.4 is 0 Å². The second-order valence-corrected chi connectivity index (χ2v) is 5.58. The van der Waals surface area contributed by atoms with Gasteiger partial charge in [0.2, 0.25) is 0 Å². The third-order valence-electron chi connectivity index (χ3n) is 4.30. The Morgan fingerprint density at radius 1 is 1.21 bits per heavy atom. The fraction of sp³-hybridized carbons (Fsp3) is 0.846. The quantitative estimate of drug-likeness (QED) is 0.776. The summed E-state index contributed by atoms with van der Waals surface area (Å²) in [6.45, 7) is 0.768. The molecule has 0 bridgehead atoms. The van der Waals surface area contributed by atoms with E-state index in [1.54, 1.807) is 16.8 Å². The Bertz CT molecular complexity index is 361. The molecule has 0 radical (unpaired) electrons. The number of aliphatic hydroxyl groups is 1. The molecular weight excluding hydrogens is 248 g/mol. The SMILES string of the molecule is CN(C(=O)N1CCC(C(=O)O)C1)C1CCCCC1O. The molecule has 2 rings (SSSR count). The molecule has 1 aliphatic heterocycles. The van der Waals surface area contributed by atoms with Gasteiger partial charge in [0.25, 0.3) is 0 Å². The lowest BCUT2D eigenvalue weighted by Gasteiger charge is -2.37. The molecule has 0 aromatic rings. The van der Waals surface area contributed by atoms with Crippen molar-refractivity contribution in [3.05, 3.63) is 0 Å². The van der Waals surface area contributed by atoms with Crippen LogP contribution in [0.4, 0.5) is 4.79 Å². The summed E-state index contributed by atoms with van der Waals surface area (Å²) in [6.07, 6.45) is 3.64. The Morgan fingerprint density at radius 3 is 2.47 bits per heavy atom. The maximum atomic E-state index is 12.3. The van der Waals surface area contributed by atoms with Crippen molar-refractivity contribution < 1.29 is 19.8 Å². The molecule has 108 valence electrons. The van der Waals surface area contributed by atoms with Gasteiger partial charge in [0.15, 0.2) is 0 Å².